The summed E-state index contributed by atoms with van der Waals surface area (Å²) in [5, 5.41) is 11.9. The van der Waals surface area contributed by atoms with Gasteiger partial charge in [0.2, 0.25) is 0 Å². The number of rotatable bonds is 6. The molecule has 3 heterocycles. The Bertz CT molecular complexity index is 1260. The Morgan fingerprint density at radius 1 is 1.27 bits per heavy atom. The van der Waals surface area contributed by atoms with Crippen molar-refractivity contribution in [2.24, 2.45) is 0 Å². The zero-order valence-electron chi connectivity index (χ0n) is 18.2. The highest BCUT2D eigenvalue weighted by atomic mass is 35.5. The third kappa shape index (κ3) is 3.89. The molecule has 10 heteroatoms. The second-order valence-corrected chi connectivity index (χ2v) is 10.1. The number of carbonyl (C=O) groups excluding carboxylic acids is 3. The van der Waals surface area contributed by atoms with E-state index in [1.807, 2.05) is 31.2 Å². The number of thiophene rings is 1. The van der Waals surface area contributed by atoms with Crippen molar-refractivity contribution in [1.82, 2.24) is 25.3 Å². The first-order chi connectivity index (χ1) is 15.9. The number of aromatic nitrogens is 2. The van der Waals surface area contributed by atoms with Gasteiger partial charge in [-0.2, -0.15) is 5.10 Å². The lowest BCUT2D eigenvalue weighted by Crippen LogP contribution is -2.44. The first kappa shape index (κ1) is 21.9. The Hall–Kier alpha value is -2.91. The molecule has 0 radical (unpaired) electrons. The van der Waals surface area contributed by atoms with Crippen molar-refractivity contribution in [1.29, 1.82) is 0 Å². The van der Waals surface area contributed by atoms with Gasteiger partial charge >= 0.3 is 6.03 Å². The fraction of sp³-hybridized carbons (Fsp3) is 0.391. The van der Waals surface area contributed by atoms with Crippen LogP contribution in [0.15, 0.2) is 30.3 Å². The molecule has 1 aromatic carbocycles. The third-order valence-electron chi connectivity index (χ3n) is 6.37. The third-order valence-corrected chi connectivity index (χ3v) is 7.71. The molecule has 3 aromatic rings. The SMILES string of the molecule is Cc1nn(-c2cccc(Cl)c2)c2sc(C(=O)NCCCN3C(=O)NC4(CCCC4)C3=O)cc12. The molecule has 1 spiro atoms. The Labute approximate surface area is 199 Å². The standard InChI is InChI=1S/C23H24ClN5O3S/c1-14-17-13-18(33-20(17)29(27-14)16-7-4-6-15(24)12-16)19(30)25-10-5-11-28-21(31)23(26-22(28)32)8-2-3-9-23/h4,6-7,12-13H,2-3,5,8-11H2,1H3,(H,25,30)(H,26,32). The molecule has 172 valence electrons. The molecule has 2 N–H and O–H groups in total. The predicted molar refractivity (Wildman–Crippen MR) is 127 cm³/mol. The van der Waals surface area contributed by atoms with Crippen LogP contribution in [-0.4, -0.2) is 51.2 Å². The fourth-order valence-corrected chi connectivity index (χ4v) is 5.95. The van der Waals surface area contributed by atoms with Gasteiger partial charge in [0.05, 0.1) is 16.3 Å². The van der Waals surface area contributed by atoms with Crippen molar-refractivity contribution in [2.45, 2.75) is 44.6 Å². The number of urea groups is 1. The van der Waals surface area contributed by atoms with E-state index in [2.05, 4.69) is 15.7 Å². The van der Waals surface area contributed by atoms with Gasteiger partial charge in [0, 0.05) is 23.5 Å². The predicted octanol–water partition coefficient (Wildman–Crippen LogP) is 4.03. The number of hydrogen-bond donors (Lipinski definition) is 2. The summed E-state index contributed by atoms with van der Waals surface area (Å²) in [7, 11) is 0. The minimum atomic E-state index is -0.688. The number of nitrogens with zero attached hydrogens (tertiary/aromatic N) is 3. The van der Waals surface area contributed by atoms with Crippen molar-refractivity contribution >= 4 is 51.0 Å². The summed E-state index contributed by atoms with van der Waals surface area (Å²) in [4.78, 5) is 40.5. The van der Waals surface area contributed by atoms with Gasteiger partial charge in [0.15, 0.2) is 0 Å². The quantitative estimate of drug-likeness (QED) is 0.407. The molecule has 4 amide bonds. The molecule has 0 unspecified atom stereocenters. The molecule has 2 aliphatic rings. The number of carbonyl (C=O) groups is 3. The van der Waals surface area contributed by atoms with E-state index in [0.29, 0.717) is 42.3 Å². The lowest BCUT2D eigenvalue weighted by Gasteiger charge is -2.20. The number of halogens is 1. The highest BCUT2D eigenvalue weighted by Crippen LogP contribution is 2.35. The summed E-state index contributed by atoms with van der Waals surface area (Å²) in [6.07, 6.45) is 3.84. The summed E-state index contributed by atoms with van der Waals surface area (Å²) >= 11 is 7.50. The molecule has 1 aliphatic heterocycles. The molecular weight excluding hydrogens is 462 g/mol. The highest BCUT2D eigenvalue weighted by molar-refractivity contribution is 7.20. The van der Waals surface area contributed by atoms with Crippen molar-refractivity contribution in [3.63, 3.8) is 0 Å². The van der Waals surface area contributed by atoms with E-state index in [9.17, 15) is 14.4 Å². The number of hydrogen-bond acceptors (Lipinski definition) is 5. The van der Waals surface area contributed by atoms with Gasteiger partial charge in [-0.05, 0) is 50.5 Å². The first-order valence-electron chi connectivity index (χ1n) is 11.1. The lowest BCUT2D eigenvalue weighted by atomic mass is 9.98. The number of fused-ring (bicyclic) bond motifs is 1. The van der Waals surface area contributed by atoms with E-state index in [1.165, 1.54) is 16.2 Å². The maximum atomic E-state index is 12.7. The van der Waals surface area contributed by atoms with Crippen molar-refractivity contribution < 1.29 is 14.4 Å². The van der Waals surface area contributed by atoms with Crippen molar-refractivity contribution in [2.75, 3.05) is 13.1 Å². The molecule has 1 saturated heterocycles. The monoisotopic (exact) mass is 485 g/mol. The van der Waals surface area contributed by atoms with Gasteiger partial charge < -0.3 is 10.6 Å². The van der Waals surface area contributed by atoms with Crippen LogP contribution in [0.4, 0.5) is 4.79 Å². The Morgan fingerprint density at radius 2 is 2.06 bits per heavy atom. The van der Waals surface area contributed by atoms with Gasteiger partial charge in [-0.25, -0.2) is 9.48 Å². The number of aryl methyl sites for hydroxylation is 1. The molecule has 0 bridgehead atoms. The Kier molecular flexibility index (Phi) is 5.62. The summed E-state index contributed by atoms with van der Waals surface area (Å²) in [5.41, 5.74) is 0.981. The second kappa shape index (κ2) is 8.46. The van der Waals surface area contributed by atoms with E-state index in [-0.39, 0.29) is 17.8 Å². The summed E-state index contributed by atoms with van der Waals surface area (Å²) in [6, 6.07) is 8.94. The lowest BCUT2D eigenvalue weighted by molar-refractivity contribution is -0.131. The van der Waals surface area contributed by atoms with Crippen LogP contribution in [0.2, 0.25) is 5.02 Å². The Morgan fingerprint density at radius 3 is 2.82 bits per heavy atom. The second-order valence-electron chi connectivity index (χ2n) is 8.59. The van der Waals surface area contributed by atoms with Gasteiger partial charge in [-0.1, -0.05) is 30.5 Å². The minimum absolute atomic E-state index is 0.123. The van der Waals surface area contributed by atoms with Crippen LogP contribution in [0.25, 0.3) is 15.9 Å². The average Bonchev–Trinajstić information content (AvgIpc) is 3.54. The Balaban J connectivity index is 1.22. The maximum absolute atomic E-state index is 12.7. The number of imide groups is 1. The largest absolute Gasteiger partial charge is 0.351 e. The van der Waals surface area contributed by atoms with Crippen LogP contribution >= 0.6 is 22.9 Å². The van der Waals surface area contributed by atoms with E-state index in [4.69, 9.17) is 11.6 Å². The van der Waals surface area contributed by atoms with Gasteiger partial charge in [0.25, 0.3) is 11.8 Å². The van der Waals surface area contributed by atoms with E-state index < -0.39 is 5.54 Å². The van der Waals surface area contributed by atoms with Crippen LogP contribution in [0.5, 0.6) is 0 Å². The normalized spacial score (nSPS) is 17.3. The number of nitrogens with one attached hydrogen (secondary N) is 2. The molecule has 0 atom stereocenters. The van der Waals surface area contributed by atoms with Crippen molar-refractivity contribution in [3.05, 3.63) is 45.9 Å². The van der Waals surface area contributed by atoms with E-state index in [0.717, 1.165) is 34.4 Å². The highest BCUT2D eigenvalue weighted by Gasteiger charge is 2.51. The van der Waals surface area contributed by atoms with Gasteiger partial charge in [-0.15, -0.1) is 11.3 Å². The van der Waals surface area contributed by atoms with Crippen LogP contribution < -0.4 is 10.6 Å². The van der Waals surface area contributed by atoms with Gasteiger partial charge in [-0.3, -0.25) is 14.5 Å². The zero-order valence-corrected chi connectivity index (χ0v) is 19.8. The molecule has 8 nitrogen and oxygen atoms in total. The molecule has 2 aromatic heterocycles. The molecule has 2 fully saturated rings. The number of benzene rings is 1. The van der Waals surface area contributed by atoms with E-state index >= 15 is 0 Å². The molecular formula is C23H24ClN5O3S. The van der Waals surface area contributed by atoms with Gasteiger partial charge in [0.1, 0.15) is 10.4 Å². The summed E-state index contributed by atoms with van der Waals surface area (Å²) in [5.74, 6) is -0.306. The van der Waals surface area contributed by atoms with E-state index in [1.54, 1.807) is 10.7 Å². The number of amides is 4. The van der Waals surface area contributed by atoms with Crippen LogP contribution in [0.1, 0.15) is 47.5 Å². The first-order valence-corrected chi connectivity index (χ1v) is 12.2. The zero-order chi connectivity index (χ0) is 23.2. The maximum Gasteiger partial charge on any atom is 0.325 e. The van der Waals surface area contributed by atoms with Crippen molar-refractivity contribution in [3.8, 4) is 5.69 Å². The fourth-order valence-electron chi connectivity index (χ4n) is 4.66. The topological polar surface area (TPSA) is 96.3 Å². The summed E-state index contributed by atoms with van der Waals surface area (Å²) < 4.78 is 1.80. The summed E-state index contributed by atoms with van der Waals surface area (Å²) in [6.45, 7) is 2.57. The smallest absolute Gasteiger partial charge is 0.325 e. The molecule has 1 aliphatic carbocycles. The molecule has 1 saturated carbocycles. The van der Waals surface area contributed by atoms with Crippen LogP contribution in [0.3, 0.4) is 0 Å². The molecule has 33 heavy (non-hydrogen) atoms. The molecule has 5 rings (SSSR count). The average molecular weight is 486 g/mol. The van der Waals surface area contributed by atoms with Crippen LogP contribution in [0, 0.1) is 6.92 Å². The van der Waals surface area contributed by atoms with Crippen LogP contribution in [-0.2, 0) is 4.79 Å². The minimum Gasteiger partial charge on any atom is -0.351 e.